The Morgan fingerprint density at radius 2 is 2.36 bits per heavy atom. The van der Waals surface area contributed by atoms with E-state index < -0.39 is 5.95 Å². The highest BCUT2D eigenvalue weighted by molar-refractivity contribution is 5.09. The van der Waals surface area contributed by atoms with Crippen molar-refractivity contribution in [2.24, 2.45) is 5.73 Å². The fourth-order valence-corrected chi connectivity index (χ4v) is 0.819. The Morgan fingerprint density at radius 3 is 2.91 bits per heavy atom. The first kappa shape index (κ1) is 8.14. The standard InChI is InChI=1S/C8H11FN2/c1-6(5-10)7-3-2-4-8(9)11-7/h2-4,6H,5,10H2,1H3. The second-order valence-corrected chi connectivity index (χ2v) is 2.52. The summed E-state index contributed by atoms with van der Waals surface area (Å²) in [7, 11) is 0. The fourth-order valence-electron chi connectivity index (χ4n) is 0.819. The van der Waals surface area contributed by atoms with E-state index >= 15 is 0 Å². The van der Waals surface area contributed by atoms with Crippen molar-refractivity contribution in [3.8, 4) is 0 Å². The molecule has 1 aromatic heterocycles. The molecule has 0 radical (unpaired) electrons. The molecule has 1 unspecified atom stereocenters. The van der Waals surface area contributed by atoms with E-state index in [1.165, 1.54) is 6.07 Å². The third-order valence-corrected chi connectivity index (χ3v) is 1.60. The predicted molar refractivity (Wildman–Crippen MR) is 41.7 cm³/mol. The summed E-state index contributed by atoms with van der Waals surface area (Å²) in [5.41, 5.74) is 6.11. The Balaban J connectivity index is 2.86. The van der Waals surface area contributed by atoms with E-state index in [-0.39, 0.29) is 5.92 Å². The van der Waals surface area contributed by atoms with Crippen LogP contribution in [0.4, 0.5) is 4.39 Å². The van der Waals surface area contributed by atoms with E-state index in [0.29, 0.717) is 12.2 Å². The summed E-state index contributed by atoms with van der Waals surface area (Å²) in [6.45, 7) is 2.41. The molecule has 11 heavy (non-hydrogen) atoms. The summed E-state index contributed by atoms with van der Waals surface area (Å²) < 4.78 is 12.5. The average molecular weight is 154 g/mol. The number of aromatic nitrogens is 1. The van der Waals surface area contributed by atoms with Crippen molar-refractivity contribution < 1.29 is 4.39 Å². The van der Waals surface area contributed by atoms with Gasteiger partial charge in [0.1, 0.15) is 0 Å². The van der Waals surface area contributed by atoms with Crippen molar-refractivity contribution in [3.63, 3.8) is 0 Å². The van der Waals surface area contributed by atoms with Crippen LogP contribution in [0.1, 0.15) is 18.5 Å². The Labute approximate surface area is 65.3 Å². The number of halogens is 1. The number of hydrogen-bond donors (Lipinski definition) is 1. The summed E-state index contributed by atoms with van der Waals surface area (Å²) >= 11 is 0. The minimum absolute atomic E-state index is 0.130. The van der Waals surface area contributed by atoms with Crippen molar-refractivity contribution >= 4 is 0 Å². The van der Waals surface area contributed by atoms with Gasteiger partial charge in [-0.2, -0.15) is 4.39 Å². The number of nitrogens with zero attached hydrogens (tertiary/aromatic N) is 1. The van der Waals surface area contributed by atoms with Crippen LogP contribution < -0.4 is 5.73 Å². The van der Waals surface area contributed by atoms with Gasteiger partial charge in [-0.05, 0) is 12.1 Å². The third-order valence-electron chi connectivity index (χ3n) is 1.60. The zero-order chi connectivity index (χ0) is 8.27. The second-order valence-electron chi connectivity index (χ2n) is 2.52. The van der Waals surface area contributed by atoms with Gasteiger partial charge in [-0.25, -0.2) is 4.98 Å². The molecule has 60 valence electrons. The highest BCUT2D eigenvalue weighted by Gasteiger charge is 2.04. The maximum atomic E-state index is 12.5. The van der Waals surface area contributed by atoms with Crippen molar-refractivity contribution in [1.29, 1.82) is 0 Å². The number of pyridine rings is 1. The molecule has 0 aliphatic heterocycles. The molecule has 3 heteroatoms. The van der Waals surface area contributed by atoms with Crippen LogP contribution in [-0.4, -0.2) is 11.5 Å². The van der Waals surface area contributed by atoms with Crippen LogP contribution in [0.2, 0.25) is 0 Å². The first-order chi connectivity index (χ1) is 5.24. The summed E-state index contributed by atoms with van der Waals surface area (Å²) in [6.07, 6.45) is 0. The summed E-state index contributed by atoms with van der Waals surface area (Å²) in [6, 6.07) is 4.75. The highest BCUT2D eigenvalue weighted by Crippen LogP contribution is 2.09. The molecular formula is C8H11FN2. The molecular weight excluding hydrogens is 143 g/mol. The lowest BCUT2D eigenvalue weighted by Gasteiger charge is -2.05. The Kier molecular flexibility index (Phi) is 2.54. The van der Waals surface area contributed by atoms with Gasteiger partial charge in [-0.3, -0.25) is 0 Å². The molecule has 0 amide bonds. The van der Waals surface area contributed by atoms with Crippen LogP contribution in [0.3, 0.4) is 0 Å². The number of hydrogen-bond acceptors (Lipinski definition) is 2. The van der Waals surface area contributed by atoms with E-state index in [1.54, 1.807) is 12.1 Å². The normalized spacial score (nSPS) is 13.0. The van der Waals surface area contributed by atoms with E-state index in [4.69, 9.17) is 5.73 Å². The van der Waals surface area contributed by atoms with Gasteiger partial charge in [0.05, 0.1) is 0 Å². The predicted octanol–water partition coefficient (Wildman–Crippen LogP) is 1.28. The summed E-state index contributed by atoms with van der Waals surface area (Å²) in [5, 5.41) is 0. The Bertz CT molecular complexity index is 237. The van der Waals surface area contributed by atoms with Gasteiger partial charge in [-0.1, -0.05) is 13.0 Å². The Hall–Kier alpha value is -0.960. The van der Waals surface area contributed by atoms with Crippen LogP contribution in [0.25, 0.3) is 0 Å². The third kappa shape index (κ3) is 1.98. The lowest BCUT2D eigenvalue weighted by molar-refractivity contribution is 0.568. The molecule has 0 fully saturated rings. The molecule has 0 aliphatic rings. The van der Waals surface area contributed by atoms with Crippen LogP contribution in [0, 0.1) is 5.95 Å². The summed E-state index contributed by atoms with van der Waals surface area (Å²) in [5.74, 6) is -0.312. The molecule has 2 N–H and O–H groups in total. The van der Waals surface area contributed by atoms with E-state index in [0.717, 1.165) is 0 Å². The van der Waals surface area contributed by atoms with E-state index in [9.17, 15) is 4.39 Å². The second kappa shape index (κ2) is 3.44. The van der Waals surface area contributed by atoms with Crippen LogP contribution in [0.15, 0.2) is 18.2 Å². The molecule has 0 aromatic carbocycles. The van der Waals surface area contributed by atoms with Crippen molar-refractivity contribution in [2.75, 3.05) is 6.54 Å². The van der Waals surface area contributed by atoms with E-state index in [2.05, 4.69) is 4.98 Å². The van der Waals surface area contributed by atoms with Crippen molar-refractivity contribution in [1.82, 2.24) is 4.98 Å². The van der Waals surface area contributed by atoms with Crippen LogP contribution >= 0.6 is 0 Å². The van der Waals surface area contributed by atoms with Crippen molar-refractivity contribution in [3.05, 3.63) is 29.8 Å². The lowest BCUT2D eigenvalue weighted by Crippen LogP contribution is -2.10. The molecule has 1 heterocycles. The topological polar surface area (TPSA) is 38.9 Å². The fraction of sp³-hybridized carbons (Fsp3) is 0.375. The molecule has 0 saturated carbocycles. The van der Waals surface area contributed by atoms with Gasteiger partial charge in [0.2, 0.25) is 5.95 Å². The molecule has 0 saturated heterocycles. The van der Waals surface area contributed by atoms with Gasteiger partial charge in [0.25, 0.3) is 0 Å². The molecule has 0 aliphatic carbocycles. The van der Waals surface area contributed by atoms with Crippen molar-refractivity contribution in [2.45, 2.75) is 12.8 Å². The zero-order valence-corrected chi connectivity index (χ0v) is 6.42. The average Bonchev–Trinajstić information content (AvgIpc) is 2.03. The Morgan fingerprint density at radius 1 is 1.64 bits per heavy atom. The molecule has 0 bridgehead atoms. The molecule has 1 atom stereocenters. The van der Waals surface area contributed by atoms with Gasteiger partial charge < -0.3 is 5.73 Å². The van der Waals surface area contributed by atoms with Gasteiger partial charge in [0, 0.05) is 18.2 Å². The highest BCUT2D eigenvalue weighted by atomic mass is 19.1. The molecule has 1 rings (SSSR count). The first-order valence-electron chi connectivity index (χ1n) is 3.56. The van der Waals surface area contributed by atoms with Crippen LogP contribution in [0.5, 0.6) is 0 Å². The summed E-state index contributed by atoms with van der Waals surface area (Å²) in [4.78, 5) is 3.70. The number of rotatable bonds is 2. The minimum Gasteiger partial charge on any atom is -0.330 e. The minimum atomic E-state index is -0.442. The quantitative estimate of drug-likeness (QED) is 0.652. The zero-order valence-electron chi connectivity index (χ0n) is 6.42. The SMILES string of the molecule is CC(CN)c1cccc(F)n1. The lowest BCUT2D eigenvalue weighted by atomic mass is 10.1. The van der Waals surface area contributed by atoms with Gasteiger partial charge >= 0.3 is 0 Å². The van der Waals surface area contributed by atoms with Crippen LogP contribution in [-0.2, 0) is 0 Å². The molecule has 1 aromatic rings. The largest absolute Gasteiger partial charge is 0.330 e. The smallest absolute Gasteiger partial charge is 0.213 e. The maximum absolute atomic E-state index is 12.5. The molecule has 2 nitrogen and oxygen atoms in total. The first-order valence-corrected chi connectivity index (χ1v) is 3.56. The monoisotopic (exact) mass is 154 g/mol. The number of nitrogens with two attached hydrogens (primary N) is 1. The van der Waals surface area contributed by atoms with E-state index in [1.807, 2.05) is 6.92 Å². The van der Waals surface area contributed by atoms with Gasteiger partial charge in [0.15, 0.2) is 0 Å². The van der Waals surface area contributed by atoms with Gasteiger partial charge in [-0.15, -0.1) is 0 Å². The molecule has 0 spiro atoms. The maximum Gasteiger partial charge on any atom is 0.213 e.